The molecule has 0 radical (unpaired) electrons. The molecule has 1 aliphatic heterocycles. The lowest BCUT2D eigenvalue weighted by molar-refractivity contribution is -0.131. The first kappa shape index (κ1) is 15.9. The van der Waals surface area contributed by atoms with Gasteiger partial charge >= 0.3 is 6.03 Å². The number of aromatic nitrogens is 3. The molecule has 0 aromatic carbocycles. The molecule has 9 nitrogen and oxygen atoms in total. The van der Waals surface area contributed by atoms with Crippen molar-refractivity contribution in [1.82, 2.24) is 29.9 Å². The fourth-order valence-corrected chi connectivity index (χ4v) is 2.34. The van der Waals surface area contributed by atoms with Gasteiger partial charge in [-0.15, -0.1) is 0 Å². The number of carbonyl (C=O) groups excluding carboxylic acids is 3. The summed E-state index contributed by atoms with van der Waals surface area (Å²) in [7, 11) is 1.52. The third-order valence-corrected chi connectivity index (χ3v) is 3.53. The maximum absolute atomic E-state index is 12.1. The van der Waals surface area contributed by atoms with E-state index >= 15 is 0 Å². The molecule has 1 N–H and O–H groups in total. The predicted octanol–water partition coefficient (Wildman–Crippen LogP) is -0.241. The van der Waals surface area contributed by atoms with E-state index in [-0.39, 0.29) is 25.0 Å². The summed E-state index contributed by atoms with van der Waals surface area (Å²) in [5.41, 5.74) is 0. The molecule has 1 aromatic heterocycles. The first-order valence-corrected chi connectivity index (χ1v) is 7.20. The van der Waals surface area contributed by atoms with Gasteiger partial charge in [0.2, 0.25) is 5.91 Å². The van der Waals surface area contributed by atoms with Crippen molar-refractivity contribution in [2.75, 3.05) is 20.1 Å². The van der Waals surface area contributed by atoms with Crippen LogP contribution in [0.25, 0.3) is 0 Å². The van der Waals surface area contributed by atoms with Gasteiger partial charge in [0.25, 0.3) is 5.91 Å². The Morgan fingerprint density at radius 3 is 2.68 bits per heavy atom. The van der Waals surface area contributed by atoms with Crippen molar-refractivity contribution in [1.29, 1.82) is 0 Å². The molecule has 1 aliphatic rings. The number of imide groups is 1. The van der Waals surface area contributed by atoms with Crippen LogP contribution in [0.1, 0.15) is 32.1 Å². The second-order valence-electron chi connectivity index (χ2n) is 5.08. The van der Waals surface area contributed by atoms with Crippen LogP contribution in [-0.2, 0) is 16.1 Å². The van der Waals surface area contributed by atoms with E-state index in [0.29, 0.717) is 18.8 Å². The van der Waals surface area contributed by atoms with Crippen molar-refractivity contribution in [2.24, 2.45) is 0 Å². The molecule has 1 fully saturated rings. The summed E-state index contributed by atoms with van der Waals surface area (Å²) in [6.07, 6.45) is 2.07. The minimum absolute atomic E-state index is 0.00742. The van der Waals surface area contributed by atoms with E-state index in [0.717, 1.165) is 4.90 Å². The van der Waals surface area contributed by atoms with Gasteiger partial charge in [-0.2, -0.15) is 5.10 Å². The standard InChI is InChI=1S/C13H20N6O3/c1-4-9(12-14-8-15-19(12)5-2)16-10(20)6-18-11(21)7-17(3)13(18)22/h8-9H,4-7H2,1-3H3,(H,16,20)/t9-/m0/s1. The SMILES string of the molecule is CC[C@H](NC(=O)CN1C(=O)CN(C)C1=O)c1ncnn1CC. The Morgan fingerprint density at radius 1 is 1.41 bits per heavy atom. The number of aryl methyl sites for hydroxylation is 1. The number of likely N-dealkylation sites (N-methyl/N-ethyl adjacent to an activating group) is 1. The Balaban J connectivity index is 2.01. The molecule has 0 saturated carbocycles. The van der Waals surface area contributed by atoms with Crippen molar-refractivity contribution in [3.05, 3.63) is 12.2 Å². The normalized spacial score (nSPS) is 16.3. The molecule has 0 bridgehead atoms. The molecular weight excluding hydrogens is 288 g/mol. The third-order valence-electron chi connectivity index (χ3n) is 3.53. The first-order chi connectivity index (χ1) is 10.5. The molecule has 1 saturated heterocycles. The van der Waals surface area contributed by atoms with Gasteiger partial charge in [-0.05, 0) is 13.3 Å². The number of nitrogens with zero attached hydrogens (tertiary/aromatic N) is 5. The van der Waals surface area contributed by atoms with Crippen LogP contribution in [0.3, 0.4) is 0 Å². The fraction of sp³-hybridized carbons (Fsp3) is 0.615. The van der Waals surface area contributed by atoms with Crippen LogP contribution in [0, 0.1) is 0 Å². The molecule has 9 heteroatoms. The molecule has 0 aliphatic carbocycles. The van der Waals surface area contributed by atoms with Gasteiger partial charge in [0.15, 0.2) is 0 Å². The lowest BCUT2D eigenvalue weighted by atomic mass is 10.2. The van der Waals surface area contributed by atoms with E-state index in [2.05, 4.69) is 15.4 Å². The minimum atomic E-state index is -0.454. The molecule has 120 valence electrons. The summed E-state index contributed by atoms with van der Waals surface area (Å²) in [5.74, 6) is -0.100. The zero-order valence-electron chi connectivity index (χ0n) is 12.9. The highest BCUT2D eigenvalue weighted by molar-refractivity contribution is 6.04. The Hall–Kier alpha value is -2.45. The average Bonchev–Trinajstić information content (AvgIpc) is 3.05. The molecule has 22 heavy (non-hydrogen) atoms. The van der Waals surface area contributed by atoms with Crippen molar-refractivity contribution in [3.63, 3.8) is 0 Å². The van der Waals surface area contributed by atoms with E-state index in [4.69, 9.17) is 0 Å². The van der Waals surface area contributed by atoms with E-state index in [9.17, 15) is 14.4 Å². The van der Waals surface area contributed by atoms with Gasteiger partial charge in [0.05, 0.1) is 6.04 Å². The zero-order valence-corrected chi connectivity index (χ0v) is 12.9. The summed E-state index contributed by atoms with van der Waals surface area (Å²) >= 11 is 0. The molecule has 4 amide bonds. The Labute approximate surface area is 128 Å². The van der Waals surface area contributed by atoms with Crippen molar-refractivity contribution < 1.29 is 14.4 Å². The second-order valence-corrected chi connectivity index (χ2v) is 5.08. The number of hydrogen-bond donors (Lipinski definition) is 1. The van der Waals surface area contributed by atoms with Gasteiger partial charge in [0.1, 0.15) is 25.2 Å². The van der Waals surface area contributed by atoms with E-state index in [1.54, 1.807) is 4.68 Å². The number of nitrogens with one attached hydrogen (secondary N) is 1. The summed E-state index contributed by atoms with van der Waals surface area (Å²) in [4.78, 5) is 42.0. The Morgan fingerprint density at radius 2 is 2.14 bits per heavy atom. The van der Waals surface area contributed by atoms with Crippen molar-refractivity contribution in [3.8, 4) is 0 Å². The highest BCUT2D eigenvalue weighted by Gasteiger charge is 2.35. The smallest absolute Gasteiger partial charge is 0.327 e. The maximum atomic E-state index is 12.1. The molecule has 0 unspecified atom stereocenters. The van der Waals surface area contributed by atoms with Crippen molar-refractivity contribution in [2.45, 2.75) is 32.9 Å². The molecule has 2 heterocycles. The number of rotatable bonds is 6. The molecule has 1 aromatic rings. The summed E-state index contributed by atoms with van der Waals surface area (Å²) < 4.78 is 1.70. The zero-order chi connectivity index (χ0) is 16.3. The number of amides is 4. The van der Waals surface area contributed by atoms with Gasteiger partial charge in [-0.25, -0.2) is 14.5 Å². The lowest BCUT2D eigenvalue weighted by Crippen LogP contribution is -2.42. The van der Waals surface area contributed by atoms with Crippen LogP contribution in [0.5, 0.6) is 0 Å². The van der Waals surface area contributed by atoms with Gasteiger partial charge in [-0.3, -0.25) is 14.5 Å². The quantitative estimate of drug-likeness (QED) is 0.731. The largest absolute Gasteiger partial charge is 0.345 e. The summed E-state index contributed by atoms with van der Waals surface area (Å²) in [6.45, 7) is 4.23. The molecular formula is C13H20N6O3. The Kier molecular flexibility index (Phi) is 4.74. The first-order valence-electron chi connectivity index (χ1n) is 7.20. The summed E-state index contributed by atoms with van der Waals surface area (Å²) in [6, 6.07) is -0.759. The summed E-state index contributed by atoms with van der Waals surface area (Å²) in [5, 5.41) is 6.88. The molecule has 1 atom stereocenters. The number of carbonyl (C=O) groups is 3. The fourth-order valence-electron chi connectivity index (χ4n) is 2.34. The predicted molar refractivity (Wildman–Crippen MR) is 76.6 cm³/mol. The molecule has 2 rings (SSSR count). The van der Waals surface area contributed by atoms with Crippen LogP contribution in [0.2, 0.25) is 0 Å². The number of hydrogen-bond acceptors (Lipinski definition) is 5. The lowest BCUT2D eigenvalue weighted by Gasteiger charge is -2.19. The van der Waals surface area contributed by atoms with Gasteiger partial charge < -0.3 is 10.2 Å². The Bertz CT molecular complexity index is 584. The van der Waals surface area contributed by atoms with E-state index < -0.39 is 11.9 Å². The van der Waals surface area contributed by atoms with Crippen LogP contribution >= 0.6 is 0 Å². The minimum Gasteiger partial charge on any atom is -0.345 e. The van der Waals surface area contributed by atoms with E-state index in [1.807, 2.05) is 13.8 Å². The molecule has 0 spiro atoms. The van der Waals surface area contributed by atoms with Crippen LogP contribution in [0.4, 0.5) is 4.79 Å². The monoisotopic (exact) mass is 308 g/mol. The average molecular weight is 308 g/mol. The third kappa shape index (κ3) is 3.07. The number of urea groups is 1. The topological polar surface area (TPSA) is 100 Å². The highest BCUT2D eigenvalue weighted by atomic mass is 16.2. The van der Waals surface area contributed by atoms with E-state index in [1.165, 1.54) is 18.3 Å². The van der Waals surface area contributed by atoms with Crippen LogP contribution in [-0.4, -0.2) is 62.5 Å². The maximum Gasteiger partial charge on any atom is 0.327 e. The van der Waals surface area contributed by atoms with Gasteiger partial charge in [0, 0.05) is 13.6 Å². The van der Waals surface area contributed by atoms with Crippen molar-refractivity contribution >= 4 is 17.8 Å². The highest BCUT2D eigenvalue weighted by Crippen LogP contribution is 2.14. The van der Waals surface area contributed by atoms with Crippen LogP contribution in [0.15, 0.2) is 6.33 Å². The van der Waals surface area contributed by atoms with Crippen LogP contribution < -0.4 is 5.32 Å². The van der Waals surface area contributed by atoms with Gasteiger partial charge in [-0.1, -0.05) is 6.92 Å². The second kappa shape index (κ2) is 6.54.